The van der Waals surface area contributed by atoms with Crippen LogP contribution in [0.4, 0.5) is 4.79 Å². The molecule has 0 aromatic carbocycles. The number of pyridine rings is 2. The number of hydrogen-bond acceptors (Lipinski definition) is 6. The lowest BCUT2D eigenvalue weighted by Crippen LogP contribution is -2.45. The lowest BCUT2D eigenvalue weighted by atomic mass is 9.97. The second kappa shape index (κ2) is 8.60. The Morgan fingerprint density at radius 1 is 1.18 bits per heavy atom. The minimum atomic E-state index is -0.0689. The van der Waals surface area contributed by atoms with Crippen LogP contribution in [0.1, 0.15) is 36.8 Å². The van der Waals surface area contributed by atoms with Crippen LogP contribution in [0.15, 0.2) is 53.6 Å². The molecule has 8 nitrogen and oxygen atoms in total. The van der Waals surface area contributed by atoms with E-state index in [1.54, 1.807) is 18.6 Å². The van der Waals surface area contributed by atoms with Crippen molar-refractivity contribution in [2.45, 2.75) is 31.7 Å². The Kier molecular flexibility index (Phi) is 5.56. The molecule has 144 valence electrons. The average molecular weight is 378 g/mol. The van der Waals surface area contributed by atoms with E-state index in [0.29, 0.717) is 24.7 Å². The molecule has 8 heteroatoms. The summed E-state index contributed by atoms with van der Waals surface area (Å²) in [7, 11) is 0. The minimum absolute atomic E-state index is 0.0689. The summed E-state index contributed by atoms with van der Waals surface area (Å²) in [6.07, 6.45) is 10.5. The van der Waals surface area contributed by atoms with Crippen molar-refractivity contribution in [3.8, 4) is 11.4 Å². The molecule has 2 amide bonds. The topological polar surface area (TPSA) is 97.0 Å². The van der Waals surface area contributed by atoms with E-state index < -0.39 is 0 Å². The smallest absolute Gasteiger partial charge is 0.317 e. The van der Waals surface area contributed by atoms with Gasteiger partial charge in [0.25, 0.3) is 0 Å². The highest BCUT2D eigenvalue weighted by Crippen LogP contribution is 2.30. The van der Waals surface area contributed by atoms with E-state index in [1.165, 1.54) is 0 Å². The Morgan fingerprint density at radius 3 is 2.82 bits per heavy atom. The number of urea groups is 1. The number of likely N-dealkylation sites (tertiary alicyclic amines) is 1. The maximum atomic E-state index is 12.7. The minimum Gasteiger partial charge on any atom is -0.339 e. The first-order chi connectivity index (χ1) is 13.8. The van der Waals surface area contributed by atoms with E-state index in [-0.39, 0.29) is 12.1 Å². The lowest BCUT2D eigenvalue weighted by molar-refractivity contribution is 0.151. The van der Waals surface area contributed by atoms with Gasteiger partial charge in [-0.1, -0.05) is 11.2 Å². The van der Waals surface area contributed by atoms with Crippen molar-refractivity contribution < 1.29 is 9.32 Å². The van der Waals surface area contributed by atoms with Crippen molar-refractivity contribution in [1.82, 2.24) is 30.3 Å². The highest BCUT2D eigenvalue weighted by molar-refractivity contribution is 5.74. The molecule has 1 aliphatic heterocycles. The van der Waals surface area contributed by atoms with Gasteiger partial charge in [0, 0.05) is 49.9 Å². The highest BCUT2D eigenvalue weighted by atomic mass is 16.5. The fourth-order valence-corrected chi connectivity index (χ4v) is 3.44. The van der Waals surface area contributed by atoms with Crippen molar-refractivity contribution >= 4 is 6.03 Å². The van der Waals surface area contributed by atoms with E-state index in [1.807, 2.05) is 35.4 Å². The second-order valence-corrected chi connectivity index (χ2v) is 6.73. The zero-order valence-electron chi connectivity index (χ0n) is 15.5. The third kappa shape index (κ3) is 4.16. The van der Waals surface area contributed by atoms with Gasteiger partial charge in [-0.05, 0) is 43.0 Å². The third-order valence-electron chi connectivity index (χ3n) is 4.84. The SMILES string of the molecule is O=C(NCCc1nc(-c2cccnc2)no1)N1CCCC[C@H]1c1cccnc1. The van der Waals surface area contributed by atoms with E-state index >= 15 is 0 Å². The summed E-state index contributed by atoms with van der Waals surface area (Å²) in [5, 5.41) is 6.95. The number of nitrogens with zero attached hydrogens (tertiary/aromatic N) is 5. The van der Waals surface area contributed by atoms with Gasteiger partial charge in [-0.15, -0.1) is 0 Å². The number of carbonyl (C=O) groups is 1. The Morgan fingerprint density at radius 2 is 2.04 bits per heavy atom. The monoisotopic (exact) mass is 378 g/mol. The molecule has 4 rings (SSSR count). The van der Waals surface area contributed by atoms with E-state index in [9.17, 15) is 4.79 Å². The van der Waals surface area contributed by atoms with Gasteiger partial charge in [-0.3, -0.25) is 9.97 Å². The van der Waals surface area contributed by atoms with Crippen LogP contribution in [0.3, 0.4) is 0 Å². The first-order valence-electron chi connectivity index (χ1n) is 9.48. The molecule has 1 fully saturated rings. The lowest BCUT2D eigenvalue weighted by Gasteiger charge is -2.35. The molecule has 4 heterocycles. The summed E-state index contributed by atoms with van der Waals surface area (Å²) < 4.78 is 5.27. The van der Waals surface area contributed by atoms with Gasteiger partial charge in [0.1, 0.15) is 0 Å². The van der Waals surface area contributed by atoms with Gasteiger partial charge in [0.2, 0.25) is 11.7 Å². The van der Waals surface area contributed by atoms with Crippen LogP contribution < -0.4 is 5.32 Å². The number of rotatable bonds is 5. The number of piperidine rings is 1. The number of carbonyl (C=O) groups excluding carboxylic acids is 1. The van der Waals surface area contributed by atoms with Crippen LogP contribution in [0.25, 0.3) is 11.4 Å². The van der Waals surface area contributed by atoms with Crippen LogP contribution in [-0.2, 0) is 6.42 Å². The fraction of sp³-hybridized carbons (Fsp3) is 0.350. The largest absolute Gasteiger partial charge is 0.339 e. The van der Waals surface area contributed by atoms with Gasteiger partial charge in [-0.2, -0.15) is 4.98 Å². The number of amides is 2. The summed E-state index contributed by atoms with van der Waals surface area (Å²) in [5.41, 5.74) is 1.88. The maximum absolute atomic E-state index is 12.7. The summed E-state index contributed by atoms with van der Waals surface area (Å²) in [6.45, 7) is 1.18. The van der Waals surface area contributed by atoms with Crippen molar-refractivity contribution in [1.29, 1.82) is 0 Å². The van der Waals surface area contributed by atoms with E-state index in [0.717, 1.165) is 36.9 Å². The van der Waals surface area contributed by atoms with Crippen molar-refractivity contribution in [2.24, 2.45) is 0 Å². The third-order valence-corrected chi connectivity index (χ3v) is 4.84. The summed E-state index contributed by atoms with van der Waals surface area (Å²) >= 11 is 0. The van der Waals surface area contributed by atoms with Gasteiger partial charge in [0.05, 0.1) is 6.04 Å². The molecular formula is C20H22N6O2. The molecule has 3 aromatic heterocycles. The number of hydrogen-bond donors (Lipinski definition) is 1. The zero-order chi connectivity index (χ0) is 19.2. The van der Waals surface area contributed by atoms with E-state index in [4.69, 9.17) is 4.52 Å². The molecule has 28 heavy (non-hydrogen) atoms. The summed E-state index contributed by atoms with van der Waals surface area (Å²) in [5.74, 6) is 0.990. The predicted octanol–water partition coefficient (Wildman–Crippen LogP) is 3.01. The fourth-order valence-electron chi connectivity index (χ4n) is 3.44. The van der Waals surface area contributed by atoms with Crippen molar-refractivity contribution in [3.63, 3.8) is 0 Å². The standard InChI is InChI=1S/C20H22N6O2/c27-20(26-12-2-1-7-17(26)15-5-3-9-21-13-15)23-11-8-18-24-19(25-28-18)16-6-4-10-22-14-16/h3-6,9-10,13-14,17H,1-2,7-8,11-12H2,(H,23,27)/t17-/m0/s1. The molecule has 0 unspecified atom stereocenters. The quantitative estimate of drug-likeness (QED) is 0.733. The molecule has 0 saturated carbocycles. The van der Waals surface area contributed by atoms with Gasteiger partial charge in [-0.25, -0.2) is 4.79 Å². The highest BCUT2D eigenvalue weighted by Gasteiger charge is 2.27. The maximum Gasteiger partial charge on any atom is 0.317 e. The van der Waals surface area contributed by atoms with Gasteiger partial charge in [0.15, 0.2) is 0 Å². The molecule has 1 saturated heterocycles. The zero-order valence-corrected chi connectivity index (χ0v) is 15.5. The molecule has 3 aromatic rings. The van der Waals surface area contributed by atoms with Gasteiger partial charge >= 0.3 is 6.03 Å². The van der Waals surface area contributed by atoms with Crippen molar-refractivity contribution in [2.75, 3.05) is 13.1 Å². The van der Waals surface area contributed by atoms with Crippen LogP contribution in [0, 0.1) is 0 Å². The van der Waals surface area contributed by atoms with Crippen molar-refractivity contribution in [3.05, 3.63) is 60.5 Å². The predicted molar refractivity (Wildman–Crippen MR) is 102 cm³/mol. The normalized spacial score (nSPS) is 16.7. The summed E-state index contributed by atoms with van der Waals surface area (Å²) in [6, 6.07) is 7.64. The molecule has 0 spiro atoms. The van der Waals surface area contributed by atoms with Crippen LogP contribution in [0.2, 0.25) is 0 Å². The number of nitrogens with one attached hydrogen (secondary N) is 1. The molecule has 1 N–H and O–H groups in total. The first kappa shape index (κ1) is 18.1. The Labute approximate surface area is 163 Å². The van der Waals surface area contributed by atoms with Crippen LogP contribution in [-0.4, -0.2) is 44.1 Å². The number of aromatic nitrogens is 4. The van der Waals surface area contributed by atoms with Crippen LogP contribution >= 0.6 is 0 Å². The molecular weight excluding hydrogens is 356 g/mol. The molecule has 0 aliphatic carbocycles. The Balaban J connectivity index is 1.33. The molecule has 1 aliphatic rings. The molecule has 0 radical (unpaired) electrons. The van der Waals surface area contributed by atoms with Gasteiger partial charge < -0.3 is 14.7 Å². The Bertz CT molecular complexity index is 899. The Hall–Kier alpha value is -3.29. The van der Waals surface area contributed by atoms with Crippen LogP contribution in [0.5, 0.6) is 0 Å². The second-order valence-electron chi connectivity index (χ2n) is 6.73. The summed E-state index contributed by atoms with van der Waals surface area (Å²) in [4.78, 5) is 27.2. The molecule has 1 atom stereocenters. The molecule has 0 bridgehead atoms. The average Bonchev–Trinajstić information content (AvgIpc) is 3.24. The first-order valence-corrected chi connectivity index (χ1v) is 9.48. The van der Waals surface area contributed by atoms with E-state index in [2.05, 4.69) is 25.4 Å².